The highest BCUT2D eigenvalue weighted by molar-refractivity contribution is 5.97. The maximum atomic E-state index is 14.1. The van der Waals surface area contributed by atoms with E-state index in [-0.39, 0.29) is 87.4 Å². The first kappa shape index (κ1) is 68.1. The largest absolute Gasteiger partial charge is 0.379 e. The molecule has 92 heavy (non-hydrogen) atoms. The van der Waals surface area contributed by atoms with E-state index in [1.807, 2.05) is 88.4 Å². The van der Waals surface area contributed by atoms with Gasteiger partial charge in [0.05, 0.1) is 125 Å². The van der Waals surface area contributed by atoms with Crippen molar-refractivity contribution in [2.45, 2.75) is 66.2 Å². The van der Waals surface area contributed by atoms with Crippen molar-refractivity contribution in [2.75, 3.05) is 92.4 Å². The van der Waals surface area contributed by atoms with Gasteiger partial charge in [0.25, 0.3) is 17.0 Å². The number of ketones is 2. The van der Waals surface area contributed by atoms with Crippen LogP contribution in [0.1, 0.15) is 87.3 Å². The molecule has 8 aromatic rings. The predicted molar refractivity (Wildman–Crippen MR) is 346 cm³/mol. The molecule has 0 unspecified atom stereocenters. The van der Waals surface area contributed by atoms with E-state index in [1.54, 1.807) is 87.0 Å². The number of rotatable bonds is 37. The van der Waals surface area contributed by atoms with Crippen LogP contribution in [0.5, 0.6) is 0 Å². The molecule has 0 bridgehead atoms. The van der Waals surface area contributed by atoms with Gasteiger partial charge in [-0.3, -0.25) is 37.9 Å². The smallest absolute Gasteiger partial charge is 0.268 e. The van der Waals surface area contributed by atoms with E-state index in [0.29, 0.717) is 134 Å². The summed E-state index contributed by atoms with van der Waals surface area (Å²) in [6.45, 7) is 18.9. The molecule has 4 aromatic carbocycles. The van der Waals surface area contributed by atoms with Gasteiger partial charge in [0.15, 0.2) is 11.5 Å². The van der Waals surface area contributed by atoms with Crippen molar-refractivity contribution in [3.05, 3.63) is 205 Å². The summed E-state index contributed by atoms with van der Waals surface area (Å²) in [7, 11) is 0. The molecule has 4 heterocycles. The lowest BCUT2D eigenvalue weighted by atomic mass is 10.0. The summed E-state index contributed by atoms with van der Waals surface area (Å²) in [6.07, 6.45) is 4.81. The topological polar surface area (TPSA) is 256 Å². The molecule has 22 nitrogen and oxygen atoms in total. The third kappa shape index (κ3) is 18.9. The summed E-state index contributed by atoms with van der Waals surface area (Å²) < 4.78 is 40.3. The van der Waals surface area contributed by atoms with Crippen LogP contribution in [0.25, 0.3) is 50.1 Å². The first-order valence-corrected chi connectivity index (χ1v) is 30.6. The zero-order valence-electron chi connectivity index (χ0n) is 52.3. The normalized spacial score (nSPS) is 11.1. The third-order valence-electron chi connectivity index (χ3n) is 14.9. The number of hydrogen-bond donors (Lipinski definition) is 2. The fraction of sp³-hybridized carbons (Fsp3) is 0.343. The van der Waals surface area contributed by atoms with E-state index in [0.717, 1.165) is 16.8 Å². The van der Waals surface area contributed by atoms with E-state index in [9.17, 15) is 34.0 Å². The van der Waals surface area contributed by atoms with Crippen LogP contribution in [0.3, 0.4) is 0 Å². The first-order chi connectivity index (χ1) is 44.8. The van der Waals surface area contributed by atoms with Gasteiger partial charge < -0.3 is 39.1 Å². The molecule has 0 aliphatic rings. The molecule has 2 N–H and O–H groups in total. The van der Waals surface area contributed by atoms with Crippen LogP contribution < -0.4 is 21.8 Å². The quantitative estimate of drug-likeness (QED) is 0.0209. The van der Waals surface area contributed by atoms with Crippen molar-refractivity contribution in [1.82, 2.24) is 39.3 Å². The van der Waals surface area contributed by atoms with Crippen molar-refractivity contribution in [3.63, 3.8) is 0 Å². The minimum Gasteiger partial charge on any atom is -0.379 e. The lowest BCUT2D eigenvalue weighted by Crippen LogP contribution is -2.35. The summed E-state index contributed by atoms with van der Waals surface area (Å²) in [6, 6.07) is 38.1. The van der Waals surface area contributed by atoms with Crippen LogP contribution in [0.2, 0.25) is 0 Å². The van der Waals surface area contributed by atoms with Gasteiger partial charge in [-0.15, -0.1) is 0 Å². The van der Waals surface area contributed by atoms with E-state index in [1.165, 1.54) is 4.57 Å². The van der Waals surface area contributed by atoms with Gasteiger partial charge in [-0.25, -0.2) is 14.2 Å². The molecule has 2 amide bonds. The minimum atomic E-state index is -0.555. The number of Topliss-reactive ketones (excluding diaryl/α,β-unsaturated/α-hetero) is 2. The number of aryl methyl sites for hydroxylation is 2. The highest BCUT2D eigenvalue weighted by atomic mass is 16.5. The summed E-state index contributed by atoms with van der Waals surface area (Å²) in [4.78, 5) is 83.7. The predicted octanol–water partition coefficient (Wildman–Crippen LogP) is 9.09. The summed E-state index contributed by atoms with van der Waals surface area (Å²) in [5, 5.41) is 23.9. The second kappa shape index (κ2) is 35.0. The Morgan fingerprint density at radius 3 is 1.47 bits per heavy atom. The van der Waals surface area contributed by atoms with Crippen molar-refractivity contribution >= 4 is 29.1 Å². The van der Waals surface area contributed by atoms with Crippen LogP contribution in [0, 0.1) is 45.6 Å². The molecule has 0 aliphatic carbocycles. The standard InChI is InChI=1S/C70H76N10O12/c1-49-10-6-12-57(44-49)77-51(3)60(64-26-28-76-80(64)56-22-18-54(72-5)19-23-56)46-62(69(77)85)66(82)15-9-33-88-37-41-91-40-36-87-32-8-14-59(81)24-25-67(83)73-30-34-89-38-42-92-43-39-90-35-31-74-68(84)63-47-61(52(4)78(70(63)86)58-13-7-11-50(2)45-58)65-27-29-75-79(65)55-20-16-53(48-71)17-21-55/h6-7,10-13,16-23,26-29,44-47H,8-9,14-15,24-25,30-43H2,1-4H3,(H,73,83)(H,74,84). The van der Waals surface area contributed by atoms with E-state index >= 15 is 0 Å². The molecule has 0 saturated carbocycles. The Morgan fingerprint density at radius 1 is 0.511 bits per heavy atom. The molecular formula is C70H76N10O12. The first-order valence-electron chi connectivity index (χ1n) is 30.6. The Kier molecular flexibility index (Phi) is 25.9. The summed E-state index contributed by atoms with van der Waals surface area (Å²) >= 11 is 0. The van der Waals surface area contributed by atoms with Gasteiger partial charge in [-0.05, 0) is 137 Å². The lowest BCUT2D eigenvalue weighted by molar-refractivity contribution is -0.125. The van der Waals surface area contributed by atoms with Gasteiger partial charge in [0, 0.05) is 85.9 Å². The average Bonchev–Trinajstić information content (AvgIpc) is 1.33. The highest BCUT2D eigenvalue weighted by Crippen LogP contribution is 2.30. The Balaban J connectivity index is 0.625. The number of carbonyl (C=O) groups is 4. The van der Waals surface area contributed by atoms with Crippen LogP contribution >= 0.6 is 0 Å². The number of aromatic nitrogens is 6. The maximum absolute atomic E-state index is 14.1. The number of nitrogens with one attached hydrogen (secondary N) is 2. The van der Waals surface area contributed by atoms with Gasteiger partial charge in [-0.1, -0.05) is 36.4 Å². The second-order valence-corrected chi connectivity index (χ2v) is 21.6. The van der Waals surface area contributed by atoms with Crippen molar-refractivity contribution in [3.8, 4) is 51.3 Å². The molecule has 478 valence electrons. The number of nitriles is 1. The van der Waals surface area contributed by atoms with E-state index < -0.39 is 17.0 Å². The Morgan fingerprint density at radius 2 is 0.967 bits per heavy atom. The maximum Gasteiger partial charge on any atom is 0.268 e. The van der Waals surface area contributed by atoms with E-state index in [4.69, 9.17) is 35.0 Å². The van der Waals surface area contributed by atoms with Crippen molar-refractivity contribution in [2.24, 2.45) is 0 Å². The number of carbonyl (C=O) groups excluding carboxylic acids is 4. The molecule has 4 aromatic heterocycles. The highest BCUT2D eigenvalue weighted by Gasteiger charge is 2.24. The van der Waals surface area contributed by atoms with Gasteiger partial charge >= 0.3 is 0 Å². The summed E-state index contributed by atoms with van der Waals surface area (Å²) in [5.74, 6) is -1.13. The van der Waals surface area contributed by atoms with Gasteiger partial charge in [0.1, 0.15) is 11.3 Å². The molecule has 0 fully saturated rings. The van der Waals surface area contributed by atoms with Gasteiger partial charge in [-0.2, -0.15) is 15.5 Å². The number of ether oxygens (including phenoxy) is 6. The van der Waals surface area contributed by atoms with Crippen LogP contribution in [-0.4, -0.2) is 144 Å². The Hall–Kier alpha value is -9.78. The van der Waals surface area contributed by atoms with Crippen LogP contribution in [0.15, 0.2) is 143 Å². The number of hydrogen-bond acceptors (Lipinski definition) is 15. The van der Waals surface area contributed by atoms with Gasteiger partial charge in [0.2, 0.25) is 5.91 Å². The fourth-order valence-corrected chi connectivity index (χ4v) is 10.2. The van der Waals surface area contributed by atoms with Crippen molar-refractivity contribution in [1.29, 1.82) is 5.26 Å². The molecule has 0 aliphatic heterocycles. The van der Waals surface area contributed by atoms with E-state index in [2.05, 4.69) is 31.7 Å². The lowest BCUT2D eigenvalue weighted by Gasteiger charge is -2.18. The molecule has 8 rings (SSSR count). The van der Waals surface area contributed by atoms with Crippen molar-refractivity contribution < 1.29 is 47.6 Å². The average molecular weight is 1250 g/mol. The van der Waals surface area contributed by atoms with Crippen LogP contribution in [-0.2, 0) is 38.0 Å². The Bertz CT molecular complexity index is 3760. The molecule has 0 spiro atoms. The molecule has 22 heteroatoms. The zero-order chi connectivity index (χ0) is 65.2. The Labute approximate surface area is 534 Å². The molecule has 0 atom stereocenters. The third-order valence-corrected chi connectivity index (χ3v) is 14.9. The summed E-state index contributed by atoms with van der Waals surface area (Å²) in [5.41, 5.74) is 8.66. The monoisotopic (exact) mass is 1250 g/mol. The van der Waals surface area contributed by atoms with Crippen LogP contribution in [0.4, 0.5) is 5.69 Å². The molecule has 0 saturated heterocycles. The number of pyridine rings is 2. The molecular weight excluding hydrogens is 1170 g/mol. The number of benzene rings is 4. The molecule has 0 radical (unpaired) electrons. The second-order valence-electron chi connectivity index (χ2n) is 21.6. The fourth-order valence-electron chi connectivity index (χ4n) is 10.2. The number of amides is 2. The number of nitrogens with zero attached hydrogens (tertiary/aromatic N) is 8. The zero-order valence-corrected chi connectivity index (χ0v) is 52.3. The minimum absolute atomic E-state index is 0.0293. The SMILES string of the molecule is [C-]#[N+]c1ccc(-n2nccc2-c2cc(C(=O)CCCOCCOCCOCCCC(=O)CCC(=O)NCCOCCOCCOCCNC(=O)c3cc(-c4ccnn4-c4ccc(C#N)cc4)c(C)n(-c4cccc(C)c4)c3=O)c(=O)n(-c3cccc(C)c3)c2C)cc1.